The van der Waals surface area contributed by atoms with Crippen LogP contribution in [0.4, 0.5) is 0 Å². The molecule has 0 fully saturated rings. The Kier molecular flexibility index (Phi) is 7.04. The van der Waals surface area contributed by atoms with E-state index in [0.29, 0.717) is 5.56 Å². The Morgan fingerprint density at radius 1 is 1.29 bits per heavy atom. The summed E-state index contributed by atoms with van der Waals surface area (Å²) in [7, 11) is 0. The number of carboxylic acid groups (broad SMARTS) is 1. The van der Waals surface area contributed by atoms with E-state index in [0.717, 1.165) is 4.47 Å². The SMILES string of the molecule is CCOC(=O)CNC(CC(=O)c1ccc(Br)cc1)C(=O)O. The summed E-state index contributed by atoms with van der Waals surface area (Å²) < 4.78 is 5.52. The van der Waals surface area contributed by atoms with Crippen LogP contribution < -0.4 is 5.32 Å². The van der Waals surface area contributed by atoms with Crippen LogP contribution in [0.25, 0.3) is 0 Å². The normalized spacial score (nSPS) is 11.7. The second kappa shape index (κ2) is 8.53. The molecule has 114 valence electrons. The molecule has 1 rings (SSSR count). The molecule has 0 saturated carbocycles. The monoisotopic (exact) mass is 357 g/mol. The number of ether oxygens (including phenoxy) is 1. The lowest BCUT2D eigenvalue weighted by Gasteiger charge is -2.13. The van der Waals surface area contributed by atoms with Crippen LogP contribution in [0.1, 0.15) is 23.7 Å². The zero-order chi connectivity index (χ0) is 15.8. The maximum Gasteiger partial charge on any atom is 0.321 e. The zero-order valence-electron chi connectivity index (χ0n) is 11.5. The molecule has 0 aromatic heterocycles. The van der Waals surface area contributed by atoms with Gasteiger partial charge in [-0.05, 0) is 19.1 Å². The highest BCUT2D eigenvalue weighted by Crippen LogP contribution is 2.12. The number of nitrogens with one attached hydrogen (secondary N) is 1. The van der Waals surface area contributed by atoms with E-state index in [-0.39, 0.29) is 25.4 Å². The average Bonchev–Trinajstić information content (AvgIpc) is 2.43. The summed E-state index contributed by atoms with van der Waals surface area (Å²) in [5.41, 5.74) is 0.419. The lowest BCUT2D eigenvalue weighted by Crippen LogP contribution is -2.41. The number of hydrogen-bond acceptors (Lipinski definition) is 5. The van der Waals surface area contributed by atoms with Crippen LogP contribution in [0.3, 0.4) is 0 Å². The van der Waals surface area contributed by atoms with Crippen molar-refractivity contribution >= 4 is 33.7 Å². The van der Waals surface area contributed by atoms with Gasteiger partial charge in [0.25, 0.3) is 0 Å². The molecule has 0 amide bonds. The summed E-state index contributed by atoms with van der Waals surface area (Å²) in [6, 6.07) is 5.49. The minimum absolute atomic E-state index is 0.218. The van der Waals surface area contributed by atoms with Gasteiger partial charge < -0.3 is 9.84 Å². The number of ketones is 1. The van der Waals surface area contributed by atoms with E-state index in [1.54, 1.807) is 31.2 Å². The van der Waals surface area contributed by atoms with Gasteiger partial charge in [-0.1, -0.05) is 28.1 Å². The maximum atomic E-state index is 12.0. The highest BCUT2D eigenvalue weighted by atomic mass is 79.9. The molecule has 0 aliphatic rings. The molecule has 1 atom stereocenters. The molecular weight excluding hydrogens is 342 g/mol. The number of Topliss-reactive ketones (excluding diaryl/α,β-unsaturated/α-hetero) is 1. The molecule has 2 N–H and O–H groups in total. The molecule has 21 heavy (non-hydrogen) atoms. The smallest absolute Gasteiger partial charge is 0.321 e. The van der Waals surface area contributed by atoms with Gasteiger partial charge in [0.05, 0.1) is 13.2 Å². The number of aliphatic carboxylic acids is 1. The number of carbonyl (C=O) groups excluding carboxylic acids is 2. The van der Waals surface area contributed by atoms with Crippen LogP contribution in [-0.4, -0.2) is 42.0 Å². The van der Waals surface area contributed by atoms with E-state index in [1.807, 2.05) is 0 Å². The van der Waals surface area contributed by atoms with Gasteiger partial charge in [0.1, 0.15) is 6.04 Å². The lowest BCUT2D eigenvalue weighted by atomic mass is 10.0. The molecule has 0 bridgehead atoms. The molecule has 0 spiro atoms. The Balaban J connectivity index is 2.61. The molecule has 0 aliphatic carbocycles. The molecule has 0 aliphatic heterocycles. The third-order valence-corrected chi connectivity index (χ3v) is 3.18. The fourth-order valence-corrected chi connectivity index (χ4v) is 1.87. The summed E-state index contributed by atoms with van der Waals surface area (Å²) in [5, 5.41) is 11.6. The Bertz CT molecular complexity index is 515. The van der Waals surface area contributed by atoms with Gasteiger partial charge in [0.2, 0.25) is 0 Å². The summed E-state index contributed by atoms with van der Waals surface area (Å²) in [6.45, 7) is 1.62. The highest BCUT2D eigenvalue weighted by Gasteiger charge is 2.22. The van der Waals surface area contributed by atoms with Gasteiger partial charge in [-0.3, -0.25) is 19.7 Å². The molecule has 1 aromatic rings. The van der Waals surface area contributed by atoms with Crippen molar-refractivity contribution in [2.24, 2.45) is 0 Å². The number of hydrogen-bond donors (Lipinski definition) is 2. The minimum Gasteiger partial charge on any atom is -0.480 e. The number of carboxylic acids is 1. The van der Waals surface area contributed by atoms with Crippen molar-refractivity contribution < 1.29 is 24.2 Å². The highest BCUT2D eigenvalue weighted by molar-refractivity contribution is 9.10. The largest absolute Gasteiger partial charge is 0.480 e. The number of rotatable bonds is 8. The van der Waals surface area contributed by atoms with Crippen LogP contribution in [0.15, 0.2) is 28.7 Å². The van der Waals surface area contributed by atoms with Crippen LogP contribution in [0, 0.1) is 0 Å². The van der Waals surface area contributed by atoms with E-state index in [9.17, 15) is 14.4 Å². The van der Waals surface area contributed by atoms with Crippen molar-refractivity contribution in [3.63, 3.8) is 0 Å². The molecule has 7 heteroatoms. The molecule has 0 saturated heterocycles. The molecule has 6 nitrogen and oxygen atoms in total. The third-order valence-electron chi connectivity index (χ3n) is 2.65. The van der Waals surface area contributed by atoms with Crippen molar-refractivity contribution in [1.82, 2.24) is 5.32 Å². The summed E-state index contributed by atoms with van der Waals surface area (Å²) >= 11 is 3.26. The second-order valence-electron chi connectivity index (χ2n) is 4.21. The maximum absolute atomic E-state index is 12.0. The second-order valence-corrected chi connectivity index (χ2v) is 5.13. The Labute approximate surface area is 130 Å². The summed E-state index contributed by atoms with van der Waals surface area (Å²) in [4.78, 5) is 34.3. The molecular formula is C14H16BrNO5. The first-order valence-electron chi connectivity index (χ1n) is 6.34. The lowest BCUT2D eigenvalue weighted by molar-refractivity contribution is -0.143. The van der Waals surface area contributed by atoms with Crippen molar-refractivity contribution in [1.29, 1.82) is 0 Å². The Morgan fingerprint density at radius 3 is 2.43 bits per heavy atom. The quantitative estimate of drug-likeness (QED) is 0.542. The van der Waals surface area contributed by atoms with Crippen LogP contribution in [0.2, 0.25) is 0 Å². The zero-order valence-corrected chi connectivity index (χ0v) is 13.1. The molecule has 0 radical (unpaired) electrons. The predicted molar refractivity (Wildman–Crippen MR) is 79.1 cm³/mol. The van der Waals surface area contributed by atoms with Crippen molar-refractivity contribution in [3.8, 4) is 0 Å². The van der Waals surface area contributed by atoms with Crippen LogP contribution in [0.5, 0.6) is 0 Å². The van der Waals surface area contributed by atoms with Gasteiger partial charge >= 0.3 is 11.9 Å². The Hall–Kier alpha value is -1.73. The van der Waals surface area contributed by atoms with E-state index in [4.69, 9.17) is 9.84 Å². The van der Waals surface area contributed by atoms with Crippen molar-refractivity contribution in [3.05, 3.63) is 34.3 Å². The van der Waals surface area contributed by atoms with Gasteiger partial charge in [0, 0.05) is 16.5 Å². The molecule has 0 heterocycles. The van der Waals surface area contributed by atoms with Crippen LogP contribution in [-0.2, 0) is 14.3 Å². The van der Waals surface area contributed by atoms with Gasteiger partial charge in [-0.25, -0.2) is 0 Å². The van der Waals surface area contributed by atoms with Gasteiger partial charge in [-0.15, -0.1) is 0 Å². The van der Waals surface area contributed by atoms with Crippen molar-refractivity contribution in [2.45, 2.75) is 19.4 Å². The van der Waals surface area contributed by atoms with Crippen molar-refractivity contribution in [2.75, 3.05) is 13.2 Å². The number of benzene rings is 1. The van der Waals surface area contributed by atoms with Gasteiger partial charge in [-0.2, -0.15) is 0 Å². The standard InChI is InChI=1S/C14H16BrNO5/c1-2-21-13(18)8-16-11(14(19)20)7-12(17)9-3-5-10(15)6-4-9/h3-6,11,16H,2,7-8H2,1H3,(H,19,20). The molecule has 1 unspecified atom stereocenters. The fourth-order valence-electron chi connectivity index (χ4n) is 1.60. The summed E-state index contributed by atoms with van der Waals surface area (Å²) in [6.07, 6.45) is -0.240. The number of halogens is 1. The third kappa shape index (κ3) is 6.05. The summed E-state index contributed by atoms with van der Waals surface area (Å²) in [5.74, 6) is -2.06. The van der Waals surface area contributed by atoms with E-state index in [2.05, 4.69) is 21.2 Å². The first kappa shape index (κ1) is 17.3. The fraction of sp³-hybridized carbons (Fsp3) is 0.357. The average molecular weight is 358 g/mol. The number of esters is 1. The van der Waals surface area contributed by atoms with E-state index >= 15 is 0 Å². The predicted octanol–water partition coefficient (Wildman–Crippen LogP) is 1.63. The van der Waals surface area contributed by atoms with E-state index < -0.39 is 18.0 Å². The molecule has 1 aromatic carbocycles. The van der Waals surface area contributed by atoms with Gasteiger partial charge in [0.15, 0.2) is 5.78 Å². The minimum atomic E-state index is -1.19. The van der Waals surface area contributed by atoms with Crippen LogP contribution >= 0.6 is 15.9 Å². The number of carbonyl (C=O) groups is 3. The topological polar surface area (TPSA) is 92.7 Å². The Morgan fingerprint density at radius 2 is 1.90 bits per heavy atom. The first-order chi connectivity index (χ1) is 9.93. The first-order valence-corrected chi connectivity index (χ1v) is 7.14. The van der Waals surface area contributed by atoms with E-state index in [1.165, 1.54) is 0 Å².